The Morgan fingerprint density at radius 2 is 1.81 bits per heavy atom. The van der Waals surface area contributed by atoms with Gasteiger partial charge in [0, 0.05) is 11.7 Å². The highest BCUT2D eigenvalue weighted by atomic mass is 35.5. The fraction of sp³-hybridized carbons (Fsp3) is 0.235. The molecule has 0 aliphatic carbocycles. The lowest BCUT2D eigenvalue weighted by Crippen LogP contribution is -2.00. The standard InChI is InChI=1S/C17H18ClO2P/c1-13-7-5-11-15(18)16(13)17(19)21(20)12-6-10-14-8-3-2-4-9-14/h2-5,7-9,11,21H,6,10,12H2,1H3. The van der Waals surface area contributed by atoms with Crippen LogP contribution in [0.3, 0.4) is 0 Å². The Bertz CT molecular complexity index is 633. The number of rotatable bonds is 6. The van der Waals surface area contributed by atoms with Gasteiger partial charge in [-0.3, -0.25) is 4.79 Å². The van der Waals surface area contributed by atoms with E-state index in [-0.39, 0.29) is 5.52 Å². The van der Waals surface area contributed by atoms with E-state index in [9.17, 15) is 9.36 Å². The Morgan fingerprint density at radius 1 is 1.10 bits per heavy atom. The van der Waals surface area contributed by atoms with Crippen LogP contribution in [0.1, 0.15) is 27.9 Å². The molecule has 1 unspecified atom stereocenters. The highest BCUT2D eigenvalue weighted by molar-refractivity contribution is 7.64. The smallest absolute Gasteiger partial charge is 0.220 e. The number of aryl methyl sites for hydroxylation is 2. The molecule has 0 radical (unpaired) electrons. The first-order valence-corrected chi connectivity index (χ1v) is 8.95. The van der Waals surface area contributed by atoms with Gasteiger partial charge in [0.25, 0.3) is 0 Å². The molecule has 2 aromatic carbocycles. The largest absolute Gasteiger partial charge is 0.318 e. The number of benzene rings is 2. The minimum Gasteiger partial charge on any atom is -0.318 e. The van der Waals surface area contributed by atoms with Gasteiger partial charge in [-0.25, -0.2) is 0 Å². The molecule has 4 heteroatoms. The van der Waals surface area contributed by atoms with E-state index in [1.165, 1.54) is 5.56 Å². The molecule has 2 rings (SSSR count). The molecule has 0 aliphatic heterocycles. The van der Waals surface area contributed by atoms with Gasteiger partial charge in [-0.05, 0) is 37.0 Å². The molecule has 2 aromatic rings. The van der Waals surface area contributed by atoms with Crippen molar-refractivity contribution in [1.29, 1.82) is 0 Å². The molecule has 21 heavy (non-hydrogen) atoms. The van der Waals surface area contributed by atoms with Crippen LogP contribution < -0.4 is 0 Å². The van der Waals surface area contributed by atoms with E-state index in [4.69, 9.17) is 11.6 Å². The van der Waals surface area contributed by atoms with Gasteiger partial charge in [-0.2, -0.15) is 0 Å². The molecule has 110 valence electrons. The van der Waals surface area contributed by atoms with E-state index < -0.39 is 7.80 Å². The third-order valence-corrected chi connectivity index (χ3v) is 5.29. The molecule has 0 bridgehead atoms. The molecule has 0 fully saturated rings. The summed E-state index contributed by atoms with van der Waals surface area (Å²) in [7, 11) is -2.31. The predicted octanol–water partition coefficient (Wildman–Crippen LogP) is 4.98. The monoisotopic (exact) mass is 320 g/mol. The van der Waals surface area contributed by atoms with Crippen LogP contribution in [0.25, 0.3) is 0 Å². The molecule has 0 aliphatic rings. The van der Waals surface area contributed by atoms with E-state index in [1.807, 2.05) is 43.3 Å². The average Bonchev–Trinajstić information content (AvgIpc) is 2.48. The van der Waals surface area contributed by atoms with Crippen molar-refractivity contribution in [2.24, 2.45) is 0 Å². The second-order valence-electron chi connectivity index (χ2n) is 5.02. The quantitative estimate of drug-likeness (QED) is 0.703. The highest BCUT2D eigenvalue weighted by Gasteiger charge is 2.18. The maximum Gasteiger partial charge on any atom is 0.220 e. The number of hydrogen-bond donors (Lipinski definition) is 0. The SMILES string of the molecule is Cc1cccc(Cl)c1C(=O)[PH](=O)CCCc1ccccc1. The van der Waals surface area contributed by atoms with Crippen molar-refractivity contribution >= 4 is 24.9 Å². The van der Waals surface area contributed by atoms with Crippen molar-refractivity contribution < 1.29 is 9.36 Å². The molecule has 0 amide bonds. The third kappa shape index (κ3) is 4.30. The minimum atomic E-state index is -2.31. The van der Waals surface area contributed by atoms with Crippen LogP contribution in [0.15, 0.2) is 48.5 Å². The summed E-state index contributed by atoms with van der Waals surface area (Å²) in [6, 6.07) is 15.3. The van der Waals surface area contributed by atoms with Gasteiger partial charge in [-0.15, -0.1) is 0 Å². The van der Waals surface area contributed by atoms with Crippen LogP contribution in [-0.4, -0.2) is 11.7 Å². The van der Waals surface area contributed by atoms with Crippen LogP contribution in [0.2, 0.25) is 5.02 Å². The summed E-state index contributed by atoms with van der Waals surface area (Å²) in [5.41, 5.74) is 2.11. The van der Waals surface area contributed by atoms with Crippen LogP contribution >= 0.6 is 19.4 Å². The topological polar surface area (TPSA) is 34.1 Å². The normalized spacial score (nSPS) is 12.1. The molecule has 0 heterocycles. The second-order valence-corrected chi connectivity index (χ2v) is 7.23. The Labute approximate surface area is 130 Å². The number of halogens is 1. The van der Waals surface area contributed by atoms with E-state index in [1.54, 1.807) is 12.1 Å². The maximum absolute atomic E-state index is 12.3. The molecule has 0 saturated heterocycles. The number of carbonyl (C=O) groups excluding carboxylic acids is 1. The Balaban J connectivity index is 1.96. The van der Waals surface area contributed by atoms with Gasteiger partial charge in [0.05, 0.1) is 5.02 Å². The van der Waals surface area contributed by atoms with Gasteiger partial charge in [0.15, 0.2) is 0 Å². The van der Waals surface area contributed by atoms with Gasteiger partial charge in [0.2, 0.25) is 5.52 Å². The van der Waals surface area contributed by atoms with Crippen molar-refractivity contribution in [3.05, 3.63) is 70.2 Å². The van der Waals surface area contributed by atoms with Crippen molar-refractivity contribution in [2.75, 3.05) is 6.16 Å². The Hall–Kier alpha value is -1.37. The molecular weight excluding hydrogens is 303 g/mol. The van der Waals surface area contributed by atoms with E-state index >= 15 is 0 Å². The molecule has 0 aromatic heterocycles. The summed E-state index contributed by atoms with van der Waals surface area (Å²) in [6.45, 7) is 1.82. The average molecular weight is 321 g/mol. The van der Waals surface area contributed by atoms with Gasteiger partial charge < -0.3 is 4.57 Å². The first-order valence-electron chi connectivity index (χ1n) is 6.96. The van der Waals surface area contributed by atoms with E-state index in [0.29, 0.717) is 16.7 Å². The van der Waals surface area contributed by atoms with Crippen molar-refractivity contribution in [2.45, 2.75) is 19.8 Å². The zero-order valence-corrected chi connectivity index (χ0v) is 13.7. The van der Waals surface area contributed by atoms with Gasteiger partial charge in [0.1, 0.15) is 7.80 Å². The fourth-order valence-corrected chi connectivity index (χ4v) is 3.99. The summed E-state index contributed by atoms with van der Waals surface area (Å²) in [4.78, 5) is 12.3. The van der Waals surface area contributed by atoms with Crippen LogP contribution in [0.4, 0.5) is 0 Å². The lowest BCUT2D eigenvalue weighted by Gasteiger charge is -2.07. The molecule has 2 nitrogen and oxygen atoms in total. The molecule has 0 N–H and O–H groups in total. The first-order chi connectivity index (χ1) is 10.1. The van der Waals surface area contributed by atoms with E-state index in [0.717, 1.165) is 18.4 Å². The van der Waals surface area contributed by atoms with Gasteiger partial charge >= 0.3 is 0 Å². The molecule has 0 spiro atoms. The van der Waals surface area contributed by atoms with Crippen molar-refractivity contribution in [3.8, 4) is 0 Å². The summed E-state index contributed by atoms with van der Waals surface area (Å²) in [5.74, 6) is 0. The number of hydrogen-bond acceptors (Lipinski definition) is 2. The van der Waals surface area contributed by atoms with Crippen LogP contribution in [0, 0.1) is 6.92 Å². The summed E-state index contributed by atoms with van der Waals surface area (Å²) in [6.07, 6.45) is 2.02. The lowest BCUT2D eigenvalue weighted by atomic mass is 10.1. The zero-order valence-electron chi connectivity index (χ0n) is 11.9. The minimum absolute atomic E-state index is 0.295. The molecular formula is C17H18ClO2P. The summed E-state index contributed by atoms with van der Waals surface area (Å²) < 4.78 is 12.2. The van der Waals surface area contributed by atoms with Crippen LogP contribution in [-0.2, 0) is 11.0 Å². The molecule has 1 atom stereocenters. The zero-order chi connectivity index (χ0) is 15.2. The Kier molecular flexibility index (Phi) is 5.78. The van der Waals surface area contributed by atoms with E-state index in [2.05, 4.69) is 0 Å². The molecule has 0 saturated carbocycles. The summed E-state index contributed by atoms with van der Waals surface area (Å²) in [5, 5.41) is 0.390. The first kappa shape index (κ1) is 16.0. The Morgan fingerprint density at radius 3 is 2.48 bits per heavy atom. The van der Waals surface area contributed by atoms with Gasteiger partial charge in [-0.1, -0.05) is 54.1 Å². The maximum atomic E-state index is 12.3. The van der Waals surface area contributed by atoms with Crippen molar-refractivity contribution in [1.82, 2.24) is 0 Å². The van der Waals surface area contributed by atoms with Crippen molar-refractivity contribution in [3.63, 3.8) is 0 Å². The third-order valence-electron chi connectivity index (χ3n) is 3.41. The highest BCUT2D eigenvalue weighted by Crippen LogP contribution is 2.33. The predicted molar refractivity (Wildman–Crippen MR) is 89.2 cm³/mol. The van der Waals surface area contributed by atoms with Crippen LogP contribution in [0.5, 0.6) is 0 Å². The summed E-state index contributed by atoms with van der Waals surface area (Å²) >= 11 is 6.05. The second kappa shape index (κ2) is 7.59. The lowest BCUT2D eigenvalue weighted by molar-refractivity contribution is 0.107. The fourth-order valence-electron chi connectivity index (χ4n) is 2.27. The number of carbonyl (C=O) groups is 1.